The Morgan fingerprint density at radius 3 is 2.38 bits per heavy atom. The van der Waals surface area contributed by atoms with Crippen molar-refractivity contribution in [1.82, 2.24) is 15.0 Å². The van der Waals surface area contributed by atoms with Crippen molar-refractivity contribution in [3.63, 3.8) is 0 Å². The SMILES string of the molecule is Nc1nc(N)nc(COC(=O)Cc2ccc(Cl)c(Cl)c2)n1. The number of nitrogens with two attached hydrogens (primary N) is 2. The summed E-state index contributed by atoms with van der Waals surface area (Å²) in [6.45, 7) is -0.142. The molecule has 0 fully saturated rings. The molecule has 2 rings (SSSR count). The van der Waals surface area contributed by atoms with E-state index in [9.17, 15) is 4.79 Å². The quantitative estimate of drug-likeness (QED) is 0.819. The first-order valence-electron chi connectivity index (χ1n) is 5.79. The number of esters is 1. The Hall–Kier alpha value is -2.12. The highest BCUT2D eigenvalue weighted by Gasteiger charge is 2.09. The van der Waals surface area contributed by atoms with E-state index in [1.165, 1.54) is 0 Å². The van der Waals surface area contributed by atoms with Gasteiger partial charge >= 0.3 is 5.97 Å². The highest BCUT2D eigenvalue weighted by Crippen LogP contribution is 2.22. The smallest absolute Gasteiger partial charge is 0.310 e. The highest BCUT2D eigenvalue weighted by atomic mass is 35.5. The standard InChI is InChI=1S/C12H11Cl2N5O2/c13-7-2-1-6(3-8(7)14)4-10(20)21-5-9-17-11(15)19-12(16)18-9/h1-3H,4-5H2,(H4,15,16,17,18,19). The minimum absolute atomic E-state index is 0.0296. The zero-order valence-corrected chi connectivity index (χ0v) is 12.2. The Kier molecular flexibility index (Phi) is 4.77. The summed E-state index contributed by atoms with van der Waals surface area (Å²) < 4.78 is 5.03. The molecule has 7 nitrogen and oxygen atoms in total. The summed E-state index contributed by atoms with van der Waals surface area (Å²) in [7, 11) is 0. The van der Waals surface area contributed by atoms with Crippen molar-refractivity contribution in [3.05, 3.63) is 39.6 Å². The number of nitrogens with zero attached hydrogens (tertiary/aromatic N) is 3. The third-order valence-electron chi connectivity index (χ3n) is 2.41. The molecule has 0 aliphatic carbocycles. The fourth-order valence-corrected chi connectivity index (χ4v) is 1.85. The number of hydrogen-bond donors (Lipinski definition) is 2. The van der Waals surface area contributed by atoms with Crippen molar-refractivity contribution in [1.29, 1.82) is 0 Å². The lowest BCUT2D eigenvalue weighted by molar-refractivity contribution is -0.144. The molecule has 0 saturated heterocycles. The van der Waals surface area contributed by atoms with E-state index >= 15 is 0 Å². The molecule has 0 saturated carbocycles. The maximum absolute atomic E-state index is 11.7. The largest absolute Gasteiger partial charge is 0.457 e. The van der Waals surface area contributed by atoms with Gasteiger partial charge in [-0.3, -0.25) is 4.79 Å². The van der Waals surface area contributed by atoms with Gasteiger partial charge in [0.2, 0.25) is 11.9 Å². The minimum Gasteiger partial charge on any atom is -0.457 e. The summed E-state index contributed by atoms with van der Waals surface area (Å²) in [6.07, 6.45) is 0.0485. The molecule has 1 aromatic heterocycles. The van der Waals surface area contributed by atoms with Crippen LogP contribution in [0, 0.1) is 0 Å². The van der Waals surface area contributed by atoms with Crippen LogP contribution in [0.25, 0.3) is 0 Å². The summed E-state index contributed by atoms with van der Waals surface area (Å²) in [5, 5.41) is 0.796. The number of carbonyl (C=O) groups is 1. The number of nitrogen functional groups attached to an aromatic ring is 2. The lowest BCUT2D eigenvalue weighted by Crippen LogP contribution is -2.12. The Balaban J connectivity index is 1.94. The molecule has 0 unspecified atom stereocenters. The molecule has 0 radical (unpaired) electrons. The zero-order chi connectivity index (χ0) is 15.4. The van der Waals surface area contributed by atoms with E-state index in [1.807, 2.05) is 0 Å². The zero-order valence-electron chi connectivity index (χ0n) is 10.7. The molecule has 0 bridgehead atoms. The second-order valence-corrected chi connectivity index (χ2v) is 4.87. The first kappa shape index (κ1) is 15.3. The van der Waals surface area contributed by atoms with E-state index in [4.69, 9.17) is 39.4 Å². The van der Waals surface area contributed by atoms with Crippen molar-refractivity contribution in [2.45, 2.75) is 13.0 Å². The van der Waals surface area contributed by atoms with Gasteiger partial charge in [0, 0.05) is 0 Å². The lowest BCUT2D eigenvalue weighted by Gasteiger charge is -2.06. The Morgan fingerprint density at radius 2 is 1.76 bits per heavy atom. The van der Waals surface area contributed by atoms with Gasteiger partial charge in [0.15, 0.2) is 12.4 Å². The van der Waals surface area contributed by atoms with Crippen LogP contribution >= 0.6 is 23.2 Å². The monoisotopic (exact) mass is 327 g/mol. The summed E-state index contributed by atoms with van der Waals surface area (Å²) in [6, 6.07) is 4.90. The number of hydrogen-bond acceptors (Lipinski definition) is 7. The van der Waals surface area contributed by atoms with Crippen LogP contribution in [0.2, 0.25) is 10.0 Å². The van der Waals surface area contributed by atoms with Crippen LogP contribution in [0.4, 0.5) is 11.9 Å². The van der Waals surface area contributed by atoms with E-state index in [2.05, 4.69) is 15.0 Å². The van der Waals surface area contributed by atoms with Crippen LogP contribution in [-0.2, 0) is 22.6 Å². The van der Waals surface area contributed by atoms with Crippen LogP contribution in [0.5, 0.6) is 0 Å². The van der Waals surface area contributed by atoms with Gasteiger partial charge in [0.05, 0.1) is 16.5 Å². The topological polar surface area (TPSA) is 117 Å². The fourth-order valence-electron chi connectivity index (χ4n) is 1.53. The molecular weight excluding hydrogens is 317 g/mol. The van der Waals surface area contributed by atoms with Crippen molar-refractivity contribution < 1.29 is 9.53 Å². The molecule has 21 heavy (non-hydrogen) atoms. The number of halogens is 2. The number of aromatic nitrogens is 3. The van der Waals surface area contributed by atoms with Crippen LogP contribution in [-0.4, -0.2) is 20.9 Å². The summed E-state index contributed by atoms with van der Waals surface area (Å²) >= 11 is 11.7. The molecule has 0 atom stereocenters. The third-order valence-corrected chi connectivity index (χ3v) is 3.15. The van der Waals surface area contributed by atoms with E-state index in [0.29, 0.717) is 15.6 Å². The molecule has 2 aromatic rings. The molecule has 4 N–H and O–H groups in total. The van der Waals surface area contributed by atoms with Crippen LogP contribution < -0.4 is 11.5 Å². The molecule has 0 aliphatic heterocycles. The summed E-state index contributed by atoms with van der Waals surface area (Å²) in [4.78, 5) is 22.9. The van der Waals surface area contributed by atoms with Gasteiger partial charge in [-0.05, 0) is 17.7 Å². The number of carbonyl (C=O) groups excluding carboxylic acids is 1. The van der Waals surface area contributed by atoms with Gasteiger partial charge in [0.1, 0.15) is 0 Å². The van der Waals surface area contributed by atoms with E-state index < -0.39 is 5.97 Å². The number of ether oxygens (including phenoxy) is 1. The van der Waals surface area contributed by atoms with Crippen molar-refractivity contribution in [3.8, 4) is 0 Å². The maximum Gasteiger partial charge on any atom is 0.310 e. The average Bonchev–Trinajstić information content (AvgIpc) is 2.40. The summed E-state index contributed by atoms with van der Waals surface area (Å²) in [5.41, 5.74) is 11.5. The number of benzene rings is 1. The normalized spacial score (nSPS) is 10.4. The lowest BCUT2D eigenvalue weighted by atomic mass is 10.1. The first-order valence-corrected chi connectivity index (χ1v) is 6.55. The molecule has 0 aliphatic rings. The molecule has 9 heteroatoms. The third kappa shape index (κ3) is 4.44. The van der Waals surface area contributed by atoms with Crippen molar-refractivity contribution in [2.24, 2.45) is 0 Å². The number of anilines is 2. The van der Waals surface area contributed by atoms with Crippen LogP contribution in [0.3, 0.4) is 0 Å². The second-order valence-electron chi connectivity index (χ2n) is 4.05. The van der Waals surface area contributed by atoms with E-state index in [1.54, 1.807) is 18.2 Å². The summed E-state index contributed by atoms with van der Waals surface area (Å²) in [5.74, 6) is -0.343. The van der Waals surface area contributed by atoms with Gasteiger partial charge in [-0.25, -0.2) is 0 Å². The van der Waals surface area contributed by atoms with E-state index in [0.717, 1.165) is 0 Å². The predicted molar refractivity (Wildman–Crippen MR) is 78.6 cm³/mol. The van der Waals surface area contributed by atoms with Crippen molar-refractivity contribution >= 4 is 41.1 Å². The number of rotatable bonds is 4. The van der Waals surface area contributed by atoms with Gasteiger partial charge in [-0.15, -0.1) is 0 Å². The predicted octanol–water partition coefficient (Wildman–Crippen LogP) is 1.63. The van der Waals surface area contributed by atoms with Gasteiger partial charge in [-0.1, -0.05) is 29.3 Å². The minimum atomic E-state index is -0.467. The highest BCUT2D eigenvalue weighted by molar-refractivity contribution is 6.42. The Morgan fingerprint density at radius 1 is 1.10 bits per heavy atom. The Labute approximate surface area is 130 Å². The van der Waals surface area contributed by atoms with Gasteiger partial charge in [0.25, 0.3) is 0 Å². The molecule has 0 amide bonds. The maximum atomic E-state index is 11.7. The van der Waals surface area contributed by atoms with Crippen LogP contribution in [0.15, 0.2) is 18.2 Å². The van der Waals surface area contributed by atoms with Crippen molar-refractivity contribution in [2.75, 3.05) is 11.5 Å². The molecular formula is C12H11Cl2N5O2. The average molecular weight is 328 g/mol. The fraction of sp³-hybridized carbons (Fsp3) is 0.167. The Bertz CT molecular complexity index is 660. The molecule has 110 valence electrons. The van der Waals surface area contributed by atoms with Crippen LogP contribution in [0.1, 0.15) is 11.4 Å². The van der Waals surface area contributed by atoms with Gasteiger partial charge < -0.3 is 16.2 Å². The first-order chi connectivity index (χ1) is 9.94. The van der Waals surface area contributed by atoms with E-state index in [-0.39, 0.29) is 30.7 Å². The van der Waals surface area contributed by atoms with Gasteiger partial charge in [-0.2, -0.15) is 15.0 Å². The molecule has 1 aromatic carbocycles. The molecule has 0 spiro atoms. The molecule has 1 heterocycles. The second kappa shape index (κ2) is 6.55.